The number of carbonyl (C=O) groups is 1. The van der Waals surface area contributed by atoms with Crippen LogP contribution in [0.1, 0.15) is 25.3 Å². The number of nitrogens with zero attached hydrogens (tertiary/aromatic N) is 1. The molecule has 0 fully saturated rings. The predicted octanol–water partition coefficient (Wildman–Crippen LogP) is 1.68. The van der Waals surface area contributed by atoms with Crippen LogP contribution in [-0.4, -0.2) is 22.5 Å². The first kappa shape index (κ1) is 14.1. The Bertz CT molecular complexity index is 461. The summed E-state index contributed by atoms with van der Waals surface area (Å²) < 4.78 is 0. The van der Waals surface area contributed by atoms with Crippen LogP contribution < -0.4 is 5.73 Å². The Morgan fingerprint density at radius 1 is 1.56 bits per heavy atom. The van der Waals surface area contributed by atoms with E-state index in [1.165, 1.54) is 18.2 Å². The molecule has 1 atom stereocenters. The molecule has 6 heteroatoms. The molecule has 3 N–H and O–H groups in total. The van der Waals surface area contributed by atoms with Crippen molar-refractivity contribution in [3.8, 4) is 0 Å². The molecular formula is C12H16N2O4. The molecule has 0 saturated heterocycles. The Kier molecular flexibility index (Phi) is 4.38. The minimum absolute atomic E-state index is 0.104. The van der Waals surface area contributed by atoms with Gasteiger partial charge in [0, 0.05) is 12.1 Å². The van der Waals surface area contributed by atoms with Crippen molar-refractivity contribution < 1.29 is 14.8 Å². The van der Waals surface area contributed by atoms with Gasteiger partial charge in [-0.25, -0.2) is 0 Å². The van der Waals surface area contributed by atoms with Crippen molar-refractivity contribution in [1.29, 1.82) is 0 Å². The topological polar surface area (TPSA) is 106 Å². The first-order valence-corrected chi connectivity index (χ1v) is 5.60. The smallest absolute Gasteiger partial charge is 0.313 e. The molecule has 0 spiro atoms. The van der Waals surface area contributed by atoms with E-state index >= 15 is 0 Å². The summed E-state index contributed by atoms with van der Waals surface area (Å²) in [6.07, 6.45) is 0.894. The lowest BCUT2D eigenvalue weighted by molar-refractivity contribution is -0.384. The van der Waals surface area contributed by atoms with Crippen LogP contribution in [0, 0.1) is 10.1 Å². The second-order valence-corrected chi connectivity index (χ2v) is 4.34. The molecule has 0 bridgehead atoms. The van der Waals surface area contributed by atoms with Crippen LogP contribution in [0.3, 0.4) is 0 Å². The molecule has 1 aromatic carbocycles. The first-order valence-electron chi connectivity index (χ1n) is 5.60. The van der Waals surface area contributed by atoms with Crippen LogP contribution in [0.25, 0.3) is 0 Å². The summed E-state index contributed by atoms with van der Waals surface area (Å²) in [6, 6.07) is 5.74. The Morgan fingerprint density at radius 3 is 2.72 bits per heavy atom. The first-order chi connectivity index (χ1) is 8.41. The maximum absolute atomic E-state index is 11.4. The molecule has 1 aromatic rings. The second-order valence-electron chi connectivity index (χ2n) is 4.34. The van der Waals surface area contributed by atoms with Crippen molar-refractivity contribution in [1.82, 2.24) is 0 Å². The summed E-state index contributed by atoms with van der Waals surface area (Å²) in [7, 11) is 0. The number of aliphatic carboxylic acids is 1. The van der Waals surface area contributed by atoms with E-state index in [0.717, 1.165) is 0 Å². The minimum atomic E-state index is -1.15. The van der Waals surface area contributed by atoms with E-state index in [0.29, 0.717) is 24.9 Å². The number of hydrogen-bond donors (Lipinski definition) is 2. The third kappa shape index (κ3) is 2.84. The Morgan fingerprint density at radius 2 is 2.22 bits per heavy atom. The van der Waals surface area contributed by atoms with Gasteiger partial charge in [0.05, 0.1) is 10.3 Å². The largest absolute Gasteiger partial charge is 0.481 e. The second kappa shape index (κ2) is 5.59. The summed E-state index contributed by atoms with van der Waals surface area (Å²) in [4.78, 5) is 21.6. The number of non-ortho nitro benzene ring substituents is 1. The lowest BCUT2D eigenvalue weighted by Crippen LogP contribution is -2.33. The molecule has 6 nitrogen and oxygen atoms in total. The highest BCUT2D eigenvalue weighted by Gasteiger charge is 2.35. The molecule has 0 aliphatic heterocycles. The van der Waals surface area contributed by atoms with E-state index < -0.39 is 16.3 Å². The summed E-state index contributed by atoms with van der Waals surface area (Å²) in [5, 5.41) is 20.0. The van der Waals surface area contributed by atoms with E-state index in [2.05, 4.69) is 0 Å². The van der Waals surface area contributed by atoms with Crippen molar-refractivity contribution in [3.05, 3.63) is 39.9 Å². The van der Waals surface area contributed by atoms with Crippen molar-refractivity contribution in [2.45, 2.75) is 25.2 Å². The van der Waals surface area contributed by atoms with Gasteiger partial charge in [0.15, 0.2) is 0 Å². The number of carboxylic acids is 1. The number of benzene rings is 1. The van der Waals surface area contributed by atoms with Crippen LogP contribution >= 0.6 is 0 Å². The summed E-state index contributed by atoms with van der Waals surface area (Å²) >= 11 is 0. The van der Waals surface area contributed by atoms with E-state index in [-0.39, 0.29) is 5.69 Å². The van der Waals surface area contributed by atoms with Crippen molar-refractivity contribution in [3.63, 3.8) is 0 Å². The van der Waals surface area contributed by atoms with Crippen LogP contribution in [-0.2, 0) is 10.2 Å². The normalized spacial score (nSPS) is 13.9. The lowest BCUT2D eigenvalue weighted by atomic mass is 9.78. The van der Waals surface area contributed by atoms with Gasteiger partial charge in [0.2, 0.25) is 0 Å². The maximum Gasteiger partial charge on any atom is 0.313 e. The fourth-order valence-corrected chi connectivity index (χ4v) is 1.79. The molecule has 0 aromatic heterocycles. The number of hydrogen-bond acceptors (Lipinski definition) is 4. The SMILES string of the molecule is CC(CCCN)(C(=O)O)c1cccc([N+](=O)[O-])c1. The molecule has 18 heavy (non-hydrogen) atoms. The van der Waals surface area contributed by atoms with Gasteiger partial charge < -0.3 is 10.8 Å². The molecular weight excluding hydrogens is 236 g/mol. The molecule has 0 radical (unpaired) electrons. The summed E-state index contributed by atoms with van der Waals surface area (Å²) in [6.45, 7) is 1.95. The fraction of sp³-hybridized carbons (Fsp3) is 0.417. The molecule has 98 valence electrons. The highest BCUT2D eigenvalue weighted by Crippen LogP contribution is 2.31. The Labute approximate surface area is 105 Å². The van der Waals surface area contributed by atoms with Crippen LogP contribution in [0.2, 0.25) is 0 Å². The lowest BCUT2D eigenvalue weighted by Gasteiger charge is -2.24. The van der Waals surface area contributed by atoms with Crippen molar-refractivity contribution in [2.24, 2.45) is 5.73 Å². The van der Waals surface area contributed by atoms with Gasteiger partial charge in [-0.1, -0.05) is 12.1 Å². The molecule has 0 aliphatic rings. The molecule has 0 saturated carbocycles. The van der Waals surface area contributed by atoms with E-state index in [1.807, 2.05) is 0 Å². The van der Waals surface area contributed by atoms with Gasteiger partial charge in [-0.2, -0.15) is 0 Å². The quantitative estimate of drug-likeness (QED) is 0.591. The molecule has 0 aliphatic carbocycles. The third-order valence-corrected chi connectivity index (χ3v) is 3.05. The van der Waals surface area contributed by atoms with Crippen LogP contribution in [0.15, 0.2) is 24.3 Å². The van der Waals surface area contributed by atoms with Crippen molar-refractivity contribution >= 4 is 11.7 Å². The number of nitro groups is 1. The van der Waals surface area contributed by atoms with Crippen LogP contribution in [0.5, 0.6) is 0 Å². The summed E-state index contributed by atoms with van der Waals surface area (Å²) in [5.41, 5.74) is 4.57. The number of carboxylic acid groups (broad SMARTS) is 1. The number of rotatable bonds is 6. The number of nitro benzene ring substituents is 1. The fourth-order valence-electron chi connectivity index (χ4n) is 1.79. The zero-order valence-corrected chi connectivity index (χ0v) is 10.1. The van der Waals surface area contributed by atoms with E-state index in [9.17, 15) is 20.0 Å². The zero-order valence-electron chi connectivity index (χ0n) is 10.1. The van der Waals surface area contributed by atoms with Gasteiger partial charge in [-0.05, 0) is 31.9 Å². The summed E-state index contributed by atoms with van der Waals surface area (Å²) in [5.74, 6) is -1.00. The Balaban J connectivity index is 3.17. The van der Waals surface area contributed by atoms with Gasteiger partial charge in [0.1, 0.15) is 0 Å². The Hall–Kier alpha value is -1.95. The van der Waals surface area contributed by atoms with Crippen molar-refractivity contribution in [2.75, 3.05) is 6.54 Å². The standard InChI is InChI=1S/C12H16N2O4/c1-12(11(15)16,6-3-7-13)9-4-2-5-10(8-9)14(17)18/h2,4-5,8H,3,6-7,13H2,1H3,(H,15,16). The highest BCUT2D eigenvalue weighted by atomic mass is 16.6. The molecule has 0 amide bonds. The van der Waals surface area contributed by atoms with Crippen LogP contribution in [0.4, 0.5) is 5.69 Å². The maximum atomic E-state index is 11.4. The van der Waals surface area contributed by atoms with E-state index in [1.54, 1.807) is 13.0 Å². The van der Waals surface area contributed by atoms with Gasteiger partial charge in [0.25, 0.3) is 5.69 Å². The van der Waals surface area contributed by atoms with Gasteiger partial charge in [-0.15, -0.1) is 0 Å². The average molecular weight is 252 g/mol. The molecule has 0 heterocycles. The third-order valence-electron chi connectivity index (χ3n) is 3.05. The average Bonchev–Trinajstić information content (AvgIpc) is 2.35. The zero-order chi connectivity index (χ0) is 13.8. The van der Waals surface area contributed by atoms with Gasteiger partial charge in [-0.3, -0.25) is 14.9 Å². The minimum Gasteiger partial charge on any atom is -0.481 e. The molecule has 1 unspecified atom stereocenters. The number of nitrogens with two attached hydrogens (primary N) is 1. The predicted molar refractivity (Wildman–Crippen MR) is 66.4 cm³/mol. The molecule has 1 rings (SSSR count). The highest BCUT2D eigenvalue weighted by molar-refractivity contribution is 5.81. The van der Waals surface area contributed by atoms with Gasteiger partial charge >= 0.3 is 5.97 Å². The monoisotopic (exact) mass is 252 g/mol. The van der Waals surface area contributed by atoms with E-state index in [4.69, 9.17) is 5.73 Å².